The number of hydrogen-bond acceptors (Lipinski definition) is 5. The molecule has 1 aromatic rings. The van der Waals surface area contributed by atoms with Crippen LogP contribution in [-0.4, -0.2) is 28.0 Å². The van der Waals surface area contributed by atoms with E-state index in [1.165, 1.54) is 7.11 Å². The molecule has 1 saturated carbocycles. The van der Waals surface area contributed by atoms with Crippen LogP contribution in [0.2, 0.25) is 0 Å². The van der Waals surface area contributed by atoms with Gasteiger partial charge >= 0.3 is 5.97 Å². The van der Waals surface area contributed by atoms with E-state index >= 15 is 0 Å². The second-order valence-electron chi connectivity index (χ2n) is 5.07. The molecule has 1 fully saturated rings. The number of methoxy groups -OCH3 is 1. The molecule has 1 heterocycles. The van der Waals surface area contributed by atoms with E-state index in [0.717, 1.165) is 37.0 Å². The van der Waals surface area contributed by atoms with Gasteiger partial charge in [0.05, 0.1) is 7.11 Å². The molecule has 0 amide bonds. The van der Waals surface area contributed by atoms with Crippen molar-refractivity contribution in [3.63, 3.8) is 0 Å². The van der Waals surface area contributed by atoms with Crippen molar-refractivity contribution in [1.82, 2.24) is 4.72 Å². The zero-order chi connectivity index (χ0) is 14.8. The van der Waals surface area contributed by atoms with E-state index in [0.29, 0.717) is 18.0 Å². The molecular weight excluding hydrogens is 298 g/mol. The number of nitrogens with one attached hydrogen (secondary N) is 1. The number of thiophene rings is 1. The third-order valence-corrected chi connectivity index (χ3v) is 6.41. The van der Waals surface area contributed by atoms with Gasteiger partial charge in [-0.15, -0.1) is 11.3 Å². The van der Waals surface area contributed by atoms with Gasteiger partial charge in [-0.3, -0.25) is 0 Å². The Morgan fingerprint density at radius 1 is 1.45 bits per heavy atom. The molecule has 0 bridgehead atoms. The first-order valence-electron chi connectivity index (χ1n) is 6.61. The van der Waals surface area contributed by atoms with Crippen LogP contribution in [-0.2, 0) is 14.8 Å². The van der Waals surface area contributed by atoms with Gasteiger partial charge in [-0.1, -0.05) is 12.8 Å². The van der Waals surface area contributed by atoms with Crippen LogP contribution >= 0.6 is 11.3 Å². The van der Waals surface area contributed by atoms with Crippen molar-refractivity contribution in [2.75, 3.05) is 13.7 Å². The molecule has 1 aliphatic carbocycles. The zero-order valence-electron chi connectivity index (χ0n) is 11.6. The number of carbonyl (C=O) groups excluding carboxylic acids is 1. The van der Waals surface area contributed by atoms with E-state index in [1.54, 1.807) is 12.3 Å². The molecule has 5 nitrogen and oxygen atoms in total. The monoisotopic (exact) mass is 317 g/mol. The van der Waals surface area contributed by atoms with Crippen LogP contribution in [0.25, 0.3) is 0 Å². The van der Waals surface area contributed by atoms with Crippen LogP contribution in [0.1, 0.15) is 40.9 Å². The normalized spacial score (nSPS) is 16.5. The first-order valence-corrected chi connectivity index (χ1v) is 8.98. The van der Waals surface area contributed by atoms with E-state index in [2.05, 4.69) is 9.46 Å². The number of ether oxygens (including phenoxy) is 1. The summed E-state index contributed by atoms with van der Waals surface area (Å²) in [5.41, 5.74) is 0.578. The Bertz CT molecular complexity index is 586. The molecular formula is C13H19NO4S2. The fourth-order valence-corrected chi connectivity index (χ4v) is 5.33. The summed E-state index contributed by atoms with van der Waals surface area (Å²) in [5.74, 6) is -0.199. The molecule has 0 aliphatic heterocycles. The fraction of sp³-hybridized carbons (Fsp3) is 0.615. The minimum atomic E-state index is -3.66. The average molecular weight is 317 g/mol. The lowest BCUT2D eigenvalue weighted by Crippen LogP contribution is -2.29. The maximum atomic E-state index is 12.4. The minimum absolute atomic E-state index is 0.0624. The van der Waals surface area contributed by atoms with Crippen molar-refractivity contribution >= 4 is 27.3 Å². The lowest BCUT2D eigenvalue weighted by Gasteiger charge is -2.12. The molecule has 1 aromatic heterocycles. The molecule has 0 aromatic carbocycles. The lowest BCUT2D eigenvalue weighted by molar-refractivity contribution is 0.0602. The van der Waals surface area contributed by atoms with Crippen LogP contribution in [0.15, 0.2) is 10.3 Å². The Morgan fingerprint density at radius 2 is 2.10 bits per heavy atom. The standard InChI is InChI=1S/C13H19NO4S2/c1-9-8-19-11(13(15)18-2)12(9)20(16,17)14-7-10-5-3-4-6-10/h8,10,14H,3-7H2,1-2H3. The van der Waals surface area contributed by atoms with Gasteiger partial charge in [0, 0.05) is 6.54 Å². The van der Waals surface area contributed by atoms with Gasteiger partial charge in [-0.2, -0.15) is 0 Å². The van der Waals surface area contributed by atoms with Crippen molar-refractivity contribution in [2.45, 2.75) is 37.5 Å². The van der Waals surface area contributed by atoms with E-state index in [-0.39, 0.29) is 9.77 Å². The molecule has 112 valence electrons. The predicted molar refractivity (Wildman–Crippen MR) is 77.5 cm³/mol. The number of rotatable bonds is 5. The van der Waals surface area contributed by atoms with Crippen LogP contribution in [0, 0.1) is 12.8 Å². The molecule has 1 N–H and O–H groups in total. The summed E-state index contributed by atoms with van der Waals surface area (Å²) in [6.07, 6.45) is 4.46. The third-order valence-electron chi connectivity index (χ3n) is 3.59. The molecule has 0 saturated heterocycles. The molecule has 0 radical (unpaired) electrons. The summed E-state index contributed by atoms with van der Waals surface area (Å²) >= 11 is 1.10. The summed E-state index contributed by atoms with van der Waals surface area (Å²) in [4.78, 5) is 11.9. The smallest absolute Gasteiger partial charge is 0.349 e. The van der Waals surface area contributed by atoms with E-state index in [1.807, 2.05) is 0 Å². The Balaban J connectivity index is 2.20. The molecule has 0 unspecified atom stereocenters. The molecule has 1 aliphatic rings. The number of esters is 1. The number of carbonyl (C=O) groups is 1. The summed E-state index contributed by atoms with van der Waals surface area (Å²) in [6.45, 7) is 2.13. The summed E-state index contributed by atoms with van der Waals surface area (Å²) in [5, 5.41) is 1.66. The Morgan fingerprint density at radius 3 is 2.70 bits per heavy atom. The lowest BCUT2D eigenvalue weighted by atomic mass is 10.1. The Kier molecular flexibility index (Phi) is 4.82. The second kappa shape index (κ2) is 6.24. The molecule has 2 rings (SSSR count). The van der Waals surface area contributed by atoms with E-state index < -0.39 is 16.0 Å². The SMILES string of the molecule is COC(=O)c1scc(C)c1S(=O)(=O)NCC1CCCC1. The number of sulfonamides is 1. The first-order chi connectivity index (χ1) is 9.45. The van der Waals surface area contributed by atoms with E-state index in [9.17, 15) is 13.2 Å². The average Bonchev–Trinajstić information content (AvgIpc) is 3.04. The van der Waals surface area contributed by atoms with Crippen LogP contribution < -0.4 is 4.72 Å². The van der Waals surface area contributed by atoms with Gasteiger partial charge in [-0.05, 0) is 36.6 Å². The van der Waals surface area contributed by atoms with E-state index in [4.69, 9.17) is 0 Å². The number of aryl methyl sites for hydroxylation is 1. The molecule has 0 spiro atoms. The highest BCUT2D eigenvalue weighted by molar-refractivity contribution is 7.89. The number of hydrogen-bond donors (Lipinski definition) is 1. The van der Waals surface area contributed by atoms with Crippen LogP contribution in [0.3, 0.4) is 0 Å². The summed E-state index contributed by atoms with van der Waals surface area (Å²) < 4.78 is 32.1. The molecule has 0 atom stereocenters. The quantitative estimate of drug-likeness (QED) is 0.846. The highest BCUT2D eigenvalue weighted by Crippen LogP contribution is 2.28. The first kappa shape index (κ1) is 15.5. The Hall–Kier alpha value is -0.920. The highest BCUT2D eigenvalue weighted by atomic mass is 32.2. The van der Waals surface area contributed by atoms with Gasteiger partial charge < -0.3 is 4.74 Å². The van der Waals surface area contributed by atoms with Gasteiger partial charge in [0.25, 0.3) is 0 Å². The summed E-state index contributed by atoms with van der Waals surface area (Å²) in [6, 6.07) is 0. The van der Waals surface area contributed by atoms with Crippen molar-refractivity contribution < 1.29 is 17.9 Å². The van der Waals surface area contributed by atoms with Gasteiger partial charge in [0.15, 0.2) is 0 Å². The van der Waals surface area contributed by atoms with Crippen LogP contribution in [0.4, 0.5) is 0 Å². The maximum Gasteiger partial charge on any atom is 0.349 e. The maximum absolute atomic E-state index is 12.4. The van der Waals surface area contributed by atoms with Gasteiger partial charge in [0.1, 0.15) is 9.77 Å². The zero-order valence-corrected chi connectivity index (χ0v) is 13.3. The van der Waals surface area contributed by atoms with Crippen molar-refractivity contribution in [2.24, 2.45) is 5.92 Å². The highest BCUT2D eigenvalue weighted by Gasteiger charge is 2.28. The van der Waals surface area contributed by atoms with Crippen molar-refractivity contribution in [3.05, 3.63) is 15.8 Å². The molecule has 20 heavy (non-hydrogen) atoms. The van der Waals surface area contributed by atoms with Gasteiger partial charge in [0.2, 0.25) is 10.0 Å². The van der Waals surface area contributed by atoms with Crippen molar-refractivity contribution in [3.8, 4) is 0 Å². The Labute approximate surface area is 123 Å². The predicted octanol–water partition coefficient (Wildman–Crippen LogP) is 2.31. The van der Waals surface area contributed by atoms with Crippen LogP contribution in [0.5, 0.6) is 0 Å². The van der Waals surface area contributed by atoms with Gasteiger partial charge in [-0.25, -0.2) is 17.9 Å². The summed E-state index contributed by atoms with van der Waals surface area (Å²) in [7, 11) is -2.41. The van der Waals surface area contributed by atoms with Crippen molar-refractivity contribution in [1.29, 1.82) is 0 Å². The topological polar surface area (TPSA) is 72.5 Å². The third kappa shape index (κ3) is 3.21. The fourth-order valence-electron chi connectivity index (χ4n) is 2.52. The minimum Gasteiger partial charge on any atom is -0.465 e. The molecule has 7 heteroatoms. The largest absolute Gasteiger partial charge is 0.465 e. The second-order valence-corrected chi connectivity index (χ2v) is 7.65.